The Bertz CT molecular complexity index is 2010. The largest absolute Gasteiger partial charge is 0.378 e. The second-order valence-electron chi connectivity index (χ2n) is 30.7. The second kappa shape index (κ2) is 53.8. The lowest BCUT2D eigenvalue weighted by molar-refractivity contribution is -0.187. The SMILES string of the molecule is C.C.CC1=CCC(C)CC1.CC1=CCC(C)CC1.CC1CCC(C)CC1.CC1CCC(C)CC1.CC1CCC(C)CC1.CC1CCC(C)OC1.CC1CCC(C)OC1.CC1COC(C)OC1.Cc1cc(F)c(C)c(F)c1.Cc1ccc(C)c(F)c1.Cc1ccc(C)cc1.[HH]. The summed E-state index contributed by atoms with van der Waals surface area (Å²) < 4.78 is 58.9. The van der Waals surface area contributed by atoms with Crippen LogP contribution in [0, 0.1) is 124 Å². The molecule has 8 aliphatic rings. The molecule has 0 aromatic heterocycles. The molecule has 542 valence electrons. The number of halogens is 3. The minimum absolute atomic E-state index is 0. The fourth-order valence-corrected chi connectivity index (χ4v) is 11.3. The van der Waals surface area contributed by atoms with Gasteiger partial charge in [-0.25, -0.2) is 13.2 Å². The summed E-state index contributed by atoms with van der Waals surface area (Å²) in [5, 5.41) is 0. The predicted molar refractivity (Wildman–Crippen MR) is 405 cm³/mol. The molecule has 0 spiro atoms. The van der Waals surface area contributed by atoms with Crippen LogP contribution in [0.25, 0.3) is 0 Å². The van der Waals surface area contributed by atoms with Crippen LogP contribution in [0.3, 0.4) is 0 Å². The molecule has 4 nitrogen and oxygen atoms in total. The average Bonchev–Trinajstić information content (AvgIpc) is 1.45. The van der Waals surface area contributed by atoms with Crippen LogP contribution in [0.5, 0.6) is 0 Å². The first-order valence-corrected chi connectivity index (χ1v) is 36.9. The molecular weight excluding hydrogens is 1150 g/mol. The van der Waals surface area contributed by atoms with Crippen molar-refractivity contribution < 1.29 is 33.5 Å². The van der Waals surface area contributed by atoms with E-state index in [0.717, 1.165) is 91.2 Å². The Hall–Kier alpha value is -3.23. The van der Waals surface area contributed by atoms with E-state index >= 15 is 0 Å². The highest BCUT2D eigenvalue weighted by Crippen LogP contribution is 2.30. The lowest BCUT2D eigenvalue weighted by atomic mass is 9.84. The Kier molecular flexibility index (Phi) is 53.1. The van der Waals surface area contributed by atoms with Crippen molar-refractivity contribution in [2.75, 3.05) is 26.4 Å². The molecule has 3 aromatic carbocycles. The molecule has 3 heterocycles. The molecule has 3 aromatic rings. The van der Waals surface area contributed by atoms with E-state index in [4.69, 9.17) is 18.9 Å². The number of ether oxygens (including phenoxy) is 4. The van der Waals surface area contributed by atoms with Gasteiger partial charge in [-0.05, 0) is 234 Å². The van der Waals surface area contributed by atoms with Crippen molar-refractivity contribution in [3.63, 3.8) is 0 Å². The number of aryl methyl sites for hydroxylation is 5. The van der Waals surface area contributed by atoms with Gasteiger partial charge in [0.15, 0.2) is 6.29 Å². The Morgan fingerprint density at radius 1 is 0.301 bits per heavy atom. The average molecular weight is 1310 g/mol. The van der Waals surface area contributed by atoms with Crippen LogP contribution in [-0.2, 0) is 18.9 Å². The molecule has 3 saturated carbocycles. The van der Waals surface area contributed by atoms with Crippen LogP contribution in [0.15, 0.2) is 77.9 Å². The number of hydrogen-bond acceptors (Lipinski definition) is 4. The summed E-state index contributed by atoms with van der Waals surface area (Å²) in [5.74, 6) is 9.11. The van der Waals surface area contributed by atoms with E-state index in [1.54, 1.807) is 31.1 Å². The Balaban J connectivity index is -0.000000967. The minimum Gasteiger partial charge on any atom is -0.378 e. The van der Waals surface area contributed by atoms with Crippen LogP contribution in [0.4, 0.5) is 13.2 Å². The minimum atomic E-state index is -0.475. The van der Waals surface area contributed by atoms with E-state index in [1.165, 1.54) is 178 Å². The number of benzene rings is 3. The van der Waals surface area contributed by atoms with Gasteiger partial charge < -0.3 is 18.9 Å². The van der Waals surface area contributed by atoms with Gasteiger partial charge in [0, 0.05) is 26.1 Å². The first-order chi connectivity index (χ1) is 42.9. The number of rotatable bonds is 0. The van der Waals surface area contributed by atoms with E-state index in [1.807, 2.05) is 19.9 Å². The van der Waals surface area contributed by atoms with Crippen LogP contribution < -0.4 is 0 Å². The zero-order chi connectivity index (χ0) is 68.4. The van der Waals surface area contributed by atoms with Gasteiger partial charge in [-0.1, -0.05) is 239 Å². The molecule has 6 atom stereocenters. The standard InChI is InChI=1S/C8H8F2.C8H9F.3C8H16.2C8H14.C8H10.2C7H14O.C6H12O2.2CH4.H2/c1-5-3-7(9)6(2)8(10)4-5;1-6-3-4-7(2)8(9)5-6;6*1-7-3-5-8(2)6-4-7;2*1-6-3-4-7(2)8-5-6;1-5-3-7-6(2)8-4-5;;;/h3-4H,1-2H3;3-5H,1-2H3;3*7-8H,3-6H2,1-2H3;2*3,8H,4-6H2,1-2H3;3-6H,1-2H3;2*6-7H,3-5H2,1-2H3;5-6H,3-4H2,1-2H3;2*1H4;1H. The van der Waals surface area contributed by atoms with Gasteiger partial charge in [0.05, 0.1) is 25.4 Å². The fourth-order valence-electron chi connectivity index (χ4n) is 11.3. The summed E-state index contributed by atoms with van der Waals surface area (Å²) in [4.78, 5) is 0. The zero-order valence-electron chi connectivity index (χ0n) is 63.1. The number of allylic oxidation sites excluding steroid dienone is 4. The molecule has 6 unspecified atom stereocenters. The summed E-state index contributed by atoms with van der Waals surface area (Å²) in [5.41, 5.74) is 8.21. The predicted octanol–water partition coefficient (Wildman–Crippen LogP) is 27.5. The molecule has 0 amide bonds. The van der Waals surface area contributed by atoms with Crippen molar-refractivity contribution >= 4 is 0 Å². The molecule has 5 aliphatic carbocycles. The van der Waals surface area contributed by atoms with Crippen LogP contribution in [0.2, 0.25) is 0 Å². The van der Waals surface area contributed by atoms with Gasteiger partial charge >= 0.3 is 0 Å². The fraction of sp³-hybridized carbons (Fsp3) is 0.744. The van der Waals surface area contributed by atoms with Crippen molar-refractivity contribution in [2.24, 2.45) is 65.1 Å². The maximum atomic E-state index is 12.6. The van der Waals surface area contributed by atoms with E-state index in [-0.39, 0.29) is 34.0 Å². The normalized spacial score (nSPS) is 28.4. The highest BCUT2D eigenvalue weighted by atomic mass is 19.1. The van der Waals surface area contributed by atoms with Crippen molar-refractivity contribution in [2.45, 2.75) is 327 Å². The summed E-state index contributed by atoms with van der Waals surface area (Å²) in [6.07, 6.45) is 36.8. The highest BCUT2D eigenvalue weighted by Gasteiger charge is 2.18. The van der Waals surface area contributed by atoms with Gasteiger partial charge in [0.2, 0.25) is 0 Å². The summed E-state index contributed by atoms with van der Waals surface area (Å²) in [6, 6.07) is 16.3. The van der Waals surface area contributed by atoms with Crippen molar-refractivity contribution in [3.05, 3.63) is 129 Å². The Labute approximate surface area is 577 Å². The van der Waals surface area contributed by atoms with E-state index < -0.39 is 11.6 Å². The maximum absolute atomic E-state index is 12.6. The first kappa shape index (κ1) is 91.8. The molecular formula is C86H153F3O4. The third-order valence-electron chi connectivity index (χ3n) is 19.4. The van der Waals surface area contributed by atoms with Crippen molar-refractivity contribution in [1.29, 1.82) is 0 Å². The summed E-state index contributed by atoms with van der Waals surface area (Å²) in [6.45, 7) is 50.7. The zero-order valence-corrected chi connectivity index (χ0v) is 63.1. The number of hydrogen-bond donors (Lipinski definition) is 0. The third kappa shape index (κ3) is 49.9. The molecule has 0 N–H and O–H groups in total. The van der Waals surface area contributed by atoms with Gasteiger partial charge in [0.1, 0.15) is 17.5 Å². The van der Waals surface area contributed by atoms with Crippen molar-refractivity contribution in [3.8, 4) is 0 Å². The molecule has 0 bridgehead atoms. The molecule has 11 rings (SSSR count). The lowest BCUT2D eigenvalue weighted by Gasteiger charge is -2.24. The molecule has 3 saturated heterocycles. The van der Waals surface area contributed by atoms with Crippen LogP contribution in [-0.4, -0.2) is 44.9 Å². The van der Waals surface area contributed by atoms with Crippen LogP contribution in [0.1, 0.15) is 302 Å². The molecule has 7 heteroatoms. The Morgan fingerprint density at radius 3 is 0.806 bits per heavy atom. The van der Waals surface area contributed by atoms with Gasteiger partial charge in [-0.2, -0.15) is 0 Å². The quantitative estimate of drug-likeness (QED) is 0.210. The van der Waals surface area contributed by atoms with E-state index in [9.17, 15) is 13.2 Å². The van der Waals surface area contributed by atoms with E-state index in [2.05, 4.69) is 154 Å². The maximum Gasteiger partial charge on any atom is 0.154 e. The highest BCUT2D eigenvalue weighted by molar-refractivity contribution is 5.24. The van der Waals surface area contributed by atoms with Crippen LogP contribution >= 0.6 is 0 Å². The van der Waals surface area contributed by atoms with Gasteiger partial charge in [-0.15, -0.1) is 0 Å². The van der Waals surface area contributed by atoms with E-state index in [0.29, 0.717) is 29.3 Å². The smallest absolute Gasteiger partial charge is 0.154 e. The third-order valence-corrected chi connectivity index (χ3v) is 19.4. The summed E-state index contributed by atoms with van der Waals surface area (Å²) >= 11 is 0. The second-order valence-corrected chi connectivity index (χ2v) is 30.7. The Morgan fingerprint density at radius 2 is 0.581 bits per heavy atom. The van der Waals surface area contributed by atoms with Crippen molar-refractivity contribution in [1.82, 2.24) is 0 Å². The van der Waals surface area contributed by atoms with Gasteiger partial charge in [0.25, 0.3) is 0 Å². The summed E-state index contributed by atoms with van der Waals surface area (Å²) in [7, 11) is 0. The molecule has 0 radical (unpaired) electrons. The molecule has 6 fully saturated rings. The monoisotopic (exact) mass is 1310 g/mol. The lowest BCUT2D eigenvalue weighted by Crippen LogP contribution is -2.27. The molecule has 93 heavy (non-hydrogen) atoms. The topological polar surface area (TPSA) is 36.9 Å². The molecule has 3 aliphatic heterocycles. The first-order valence-electron chi connectivity index (χ1n) is 36.9. The van der Waals surface area contributed by atoms with Gasteiger partial charge in [-0.3, -0.25) is 0 Å².